The van der Waals surface area contributed by atoms with Crippen LogP contribution in [0.15, 0.2) is 0 Å². The molecule has 0 spiro atoms. The number of nitrogens with zero attached hydrogens (tertiary/aromatic N) is 1. The first kappa shape index (κ1) is 14.1. The number of carboxylic acid groups (broad SMARTS) is 1. The van der Waals surface area contributed by atoms with Crippen LogP contribution in [0.5, 0.6) is 0 Å². The molecule has 2 fully saturated rings. The predicted octanol–water partition coefficient (Wildman–Crippen LogP) is 1.06. The van der Waals surface area contributed by atoms with Gasteiger partial charge in [-0.25, -0.2) is 4.79 Å². The molecular formula is C13H22N2O4. The highest BCUT2D eigenvalue weighted by Crippen LogP contribution is 2.21. The topological polar surface area (TPSA) is 78.9 Å². The van der Waals surface area contributed by atoms with Crippen molar-refractivity contribution < 1.29 is 19.4 Å². The van der Waals surface area contributed by atoms with Crippen molar-refractivity contribution in [2.45, 2.75) is 38.1 Å². The van der Waals surface area contributed by atoms with Gasteiger partial charge in [0.15, 0.2) is 0 Å². The van der Waals surface area contributed by atoms with E-state index in [1.165, 1.54) is 0 Å². The molecule has 2 heterocycles. The normalized spacial score (nSPS) is 24.4. The first-order valence-electron chi connectivity index (χ1n) is 7.00. The zero-order valence-electron chi connectivity index (χ0n) is 11.1. The van der Waals surface area contributed by atoms with Gasteiger partial charge in [0.1, 0.15) is 0 Å². The molecule has 1 atom stereocenters. The summed E-state index contributed by atoms with van der Waals surface area (Å²) in [5.74, 6) is -0.429. The lowest BCUT2D eigenvalue weighted by molar-refractivity contribution is -0.137. The maximum atomic E-state index is 12.1. The second-order valence-electron chi connectivity index (χ2n) is 5.37. The third-order valence-corrected chi connectivity index (χ3v) is 3.89. The van der Waals surface area contributed by atoms with Crippen molar-refractivity contribution >= 4 is 12.0 Å². The largest absolute Gasteiger partial charge is 0.481 e. The molecule has 6 heteroatoms. The van der Waals surface area contributed by atoms with Gasteiger partial charge in [-0.3, -0.25) is 4.79 Å². The Bertz CT molecular complexity index is 329. The predicted molar refractivity (Wildman–Crippen MR) is 68.9 cm³/mol. The summed E-state index contributed by atoms with van der Waals surface area (Å²) in [5, 5.41) is 11.7. The van der Waals surface area contributed by atoms with Gasteiger partial charge >= 0.3 is 12.0 Å². The summed E-state index contributed by atoms with van der Waals surface area (Å²) in [7, 11) is 0. The number of carbonyl (C=O) groups excluding carboxylic acids is 1. The Morgan fingerprint density at radius 1 is 1.26 bits per heavy atom. The van der Waals surface area contributed by atoms with E-state index in [0.29, 0.717) is 32.1 Å². The number of hydrogen-bond acceptors (Lipinski definition) is 3. The molecule has 0 radical (unpaired) electrons. The maximum absolute atomic E-state index is 12.1. The number of hydrogen-bond donors (Lipinski definition) is 2. The van der Waals surface area contributed by atoms with E-state index in [-0.39, 0.29) is 18.5 Å². The van der Waals surface area contributed by atoms with Gasteiger partial charge in [-0.15, -0.1) is 0 Å². The van der Waals surface area contributed by atoms with Crippen molar-refractivity contribution in [3.05, 3.63) is 0 Å². The summed E-state index contributed by atoms with van der Waals surface area (Å²) in [6, 6.07) is 0.212. The molecule has 0 aromatic rings. The number of carboxylic acids is 1. The highest BCUT2D eigenvalue weighted by Gasteiger charge is 2.28. The second-order valence-corrected chi connectivity index (χ2v) is 5.37. The molecule has 0 saturated carbocycles. The van der Waals surface area contributed by atoms with Crippen LogP contribution < -0.4 is 5.32 Å². The minimum atomic E-state index is -0.759. The van der Waals surface area contributed by atoms with E-state index in [9.17, 15) is 9.59 Å². The van der Waals surface area contributed by atoms with Crippen LogP contribution in [0.2, 0.25) is 0 Å². The number of rotatable bonds is 4. The smallest absolute Gasteiger partial charge is 0.317 e. The highest BCUT2D eigenvalue weighted by molar-refractivity contribution is 5.74. The number of urea groups is 1. The van der Waals surface area contributed by atoms with Crippen LogP contribution in [-0.4, -0.2) is 54.4 Å². The van der Waals surface area contributed by atoms with Crippen molar-refractivity contribution in [2.75, 3.05) is 26.3 Å². The van der Waals surface area contributed by atoms with Crippen LogP contribution in [0.1, 0.15) is 32.1 Å². The Morgan fingerprint density at radius 3 is 2.68 bits per heavy atom. The minimum absolute atomic E-state index is 0.00951. The molecule has 2 aliphatic rings. The molecule has 2 amide bonds. The Kier molecular flexibility index (Phi) is 5.01. The third-order valence-electron chi connectivity index (χ3n) is 3.89. The van der Waals surface area contributed by atoms with E-state index in [1.807, 2.05) is 4.90 Å². The Labute approximate surface area is 113 Å². The van der Waals surface area contributed by atoms with Gasteiger partial charge in [0.2, 0.25) is 0 Å². The fourth-order valence-corrected chi connectivity index (χ4v) is 2.69. The summed E-state index contributed by atoms with van der Waals surface area (Å²) >= 11 is 0. The van der Waals surface area contributed by atoms with Crippen LogP contribution >= 0.6 is 0 Å². The van der Waals surface area contributed by atoms with Crippen molar-refractivity contribution in [1.29, 1.82) is 0 Å². The Balaban J connectivity index is 1.70. The Morgan fingerprint density at radius 2 is 2.00 bits per heavy atom. The summed E-state index contributed by atoms with van der Waals surface area (Å²) in [5.41, 5.74) is 0. The average molecular weight is 270 g/mol. The number of nitrogens with one attached hydrogen (secondary N) is 1. The third kappa shape index (κ3) is 4.38. The summed E-state index contributed by atoms with van der Waals surface area (Å²) in [4.78, 5) is 24.4. The van der Waals surface area contributed by atoms with Crippen molar-refractivity contribution in [3.63, 3.8) is 0 Å². The highest BCUT2D eigenvalue weighted by atomic mass is 16.5. The van der Waals surface area contributed by atoms with Gasteiger partial charge in [0, 0.05) is 38.8 Å². The lowest BCUT2D eigenvalue weighted by Gasteiger charge is -2.26. The zero-order valence-corrected chi connectivity index (χ0v) is 11.1. The fourth-order valence-electron chi connectivity index (χ4n) is 2.69. The number of carbonyl (C=O) groups is 2. The molecule has 2 aliphatic heterocycles. The molecule has 2 saturated heterocycles. The molecule has 0 aromatic heterocycles. The minimum Gasteiger partial charge on any atom is -0.481 e. The fraction of sp³-hybridized carbons (Fsp3) is 0.846. The number of amides is 2. The van der Waals surface area contributed by atoms with E-state index in [4.69, 9.17) is 9.84 Å². The summed E-state index contributed by atoms with van der Waals surface area (Å²) in [6.07, 6.45) is 3.52. The van der Waals surface area contributed by atoms with Crippen LogP contribution in [0.4, 0.5) is 4.79 Å². The van der Waals surface area contributed by atoms with Gasteiger partial charge < -0.3 is 20.1 Å². The van der Waals surface area contributed by atoms with E-state index >= 15 is 0 Å². The van der Waals surface area contributed by atoms with Crippen molar-refractivity contribution in [3.8, 4) is 0 Å². The molecule has 19 heavy (non-hydrogen) atoms. The number of likely N-dealkylation sites (tertiary alicyclic amines) is 1. The summed E-state index contributed by atoms with van der Waals surface area (Å²) in [6.45, 7) is 2.85. The summed E-state index contributed by atoms with van der Waals surface area (Å²) < 4.78 is 5.26. The standard InChI is InChI=1S/C13H22N2O4/c16-12(17)2-1-10-3-6-15(9-10)13(18)14-11-4-7-19-8-5-11/h10-11H,1-9H2,(H,14,18)(H,16,17). The number of ether oxygens (including phenoxy) is 1. The van der Waals surface area contributed by atoms with Gasteiger partial charge in [0.25, 0.3) is 0 Å². The monoisotopic (exact) mass is 270 g/mol. The molecular weight excluding hydrogens is 248 g/mol. The van der Waals surface area contributed by atoms with Gasteiger partial charge in [-0.1, -0.05) is 0 Å². The lowest BCUT2D eigenvalue weighted by atomic mass is 10.0. The lowest BCUT2D eigenvalue weighted by Crippen LogP contribution is -2.45. The Hall–Kier alpha value is -1.30. The molecule has 0 bridgehead atoms. The van der Waals surface area contributed by atoms with Gasteiger partial charge in [-0.05, 0) is 31.6 Å². The molecule has 0 aliphatic carbocycles. The quantitative estimate of drug-likeness (QED) is 0.800. The van der Waals surface area contributed by atoms with Crippen LogP contribution in [0, 0.1) is 5.92 Å². The molecule has 6 nitrogen and oxygen atoms in total. The van der Waals surface area contributed by atoms with Crippen LogP contribution in [-0.2, 0) is 9.53 Å². The van der Waals surface area contributed by atoms with E-state index in [2.05, 4.69) is 5.32 Å². The molecule has 2 rings (SSSR count). The van der Waals surface area contributed by atoms with Gasteiger partial charge in [-0.2, -0.15) is 0 Å². The average Bonchev–Trinajstić information content (AvgIpc) is 2.86. The maximum Gasteiger partial charge on any atom is 0.317 e. The van der Waals surface area contributed by atoms with Crippen molar-refractivity contribution in [2.24, 2.45) is 5.92 Å². The second kappa shape index (κ2) is 6.75. The van der Waals surface area contributed by atoms with E-state index < -0.39 is 5.97 Å². The first-order valence-corrected chi connectivity index (χ1v) is 7.00. The van der Waals surface area contributed by atoms with E-state index in [0.717, 1.165) is 25.8 Å². The van der Waals surface area contributed by atoms with Gasteiger partial charge in [0.05, 0.1) is 0 Å². The first-order chi connectivity index (χ1) is 9.15. The molecule has 1 unspecified atom stereocenters. The molecule has 0 aromatic carbocycles. The molecule has 108 valence electrons. The zero-order chi connectivity index (χ0) is 13.7. The number of aliphatic carboxylic acids is 1. The van der Waals surface area contributed by atoms with Crippen LogP contribution in [0.3, 0.4) is 0 Å². The SMILES string of the molecule is O=C(O)CCC1CCN(C(=O)NC2CCOCC2)C1. The van der Waals surface area contributed by atoms with E-state index in [1.54, 1.807) is 0 Å². The van der Waals surface area contributed by atoms with Crippen molar-refractivity contribution in [1.82, 2.24) is 10.2 Å². The molecule has 2 N–H and O–H groups in total. The van der Waals surface area contributed by atoms with Crippen LogP contribution in [0.25, 0.3) is 0 Å².